The van der Waals surface area contributed by atoms with Gasteiger partial charge in [0.25, 0.3) is 0 Å². The largest absolute Gasteiger partial charge is 0.257 e. The molecule has 1 rings (SSSR count). The second-order valence-electron chi connectivity index (χ2n) is 3.35. The molecule has 0 saturated carbocycles. The van der Waals surface area contributed by atoms with Gasteiger partial charge < -0.3 is 0 Å². The van der Waals surface area contributed by atoms with Crippen LogP contribution in [0, 0.1) is 6.92 Å². The summed E-state index contributed by atoms with van der Waals surface area (Å²) in [6.45, 7) is 1.88. The minimum absolute atomic E-state index is 0.156. The molecule has 0 radical (unpaired) electrons. The summed E-state index contributed by atoms with van der Waals surface area (Å²) in [6, 6.07) is 6.40. The lowest BCUT2D eigenvalue weighted by Gasteiger charge is -1.98. The van der Waals surface area contributed by atoms with E-state index in [0.29, 0.717) is 0 Å². The van der Waals surface area contributed by atoms with Crippen LogP contribution in [0.4, 0.5) is 0 Å². The summed E-state index contributed by atoms with van der Waals surface area (Å²) in [6.07, 6.45) is 2.04. The lowest BCUT2D eigenvalue weighted by atomic mass is 10.2. The van der Waals surface area contributed by atoms with Crippen molar-refractivity contribution in [1.29, 1.82) is 0 Å². The molecule has 92 valence electrons. The standard InChI is InChI=1S/C7H9NO2S.C3H9NS/c1-6-2-4-7(5-3-6)11(8,9)10;1-4(2)5-3/h2-5H,1H3,(H2,8,9,10);1-3H3. The Morgan fingerprint density at radius 2 is 1.56 bits per heavy atom. The van der Waals surface area contributed by atoms with Crippen LogP contribution in [0.2, 0.25) is 0 Å². The van der Waals surface area contributed by atoms with Gasteiger partial charge in [0, 0.05) is 0 Å². The van der Waals surface area contributed by atoms with E-state index in [0.717, 1.165) is 5.56 Å². The first-order valence-electron chi connectivity index (χ1n) is 4.58. The van der Waals surface area contributed by atoms with Gasteiger partial charge in [-0.3, -0.25) is 4.31 Å². The number of benzene rings is 1. The summed E-state index contributed by atoms with van der Waals surface area (Å²) in [5.41, 5.74) is 1.01. The van der Waals surface area contributed by atoms with Crippen LogP contribution in [-0.2, 0) is 10.0 Å². The lowest BCUT2D eigenvalue weighted by molar-refractivity contribution is 0.598. The van der Waals surface area contributed by atoms with E-state index < -0.39 is 10.0 Å². The summed E-state index contributed by atoms with van der Waals surface area (Å²) in [4.78, 5) is 0.156. The summed E-state index contributed by atoms with van der Waals surface area (Å²) in [7, 11) is 0.517. The second kappa shape index (κ2) is 6.90. The molecule has 1 aromatic rings. The van der Waals surface area contributed by atoms with Gasteiger partial charge in [0.05, 0.1) is 4.90 Å². The van der Waals surface area contributed by atoms with Crippen molar-refractivity contribution in [3.63, 3.8) is 0 Å². The highest BCUT2D eigenvalue weighted by atomic mass is 32.2. The van der Waals surface area contributed by atoms with Crippen molar-refractivity contribution in [2.75, 3.05) is 20.4 Å². The van der Waals surface area contributed by atoms with Crippen LogP contribution < -0.4 is 5.14 Å². The SMILES string of the molecule is CSN(C)C.Cc1ccc(S(N)(=O)=O)cc1. The smallest absolute Gasteiger partial charge is 0.238 e. The Balaban J connectivity index is 0.000000385. The Kier molecular flexibility index (Phi) is 6.66. The summed E-state index contributed by atoms with van der Waals surface area (Å²) >= 11 is 1.71. The molecule has 6 heteroatoms. The minimum atomic E-state index is -3.52. The average molecular weight is 262 g/mol. The van der Waals surface area contributed by atoms with Crippen LogP contribution in [0.1, 0.15) is 5.56 Å². The number of rotatable bonds is 2. The number of nitrogens with zero attached hydrogens (tertiary/aromatic N) is 1. The summed E-state index contributed by atoms with van der Waals surface area (Å²) < 4.78 is 23.5. The fourth-order valence-corrected chi connectivity index (χ4v) is 1.24. The summed E-state index contributed by atoms with van der Waals surface area (Å²) in [5.74, 6) is 0. The Hall–Kier alpha value is -0.560. The van der Waals surface area contributed by atoms with Crippen molar-refractivity contribution in [3.05, 3.63) is 29.8 Å². The molecule has 0 aliphatic heterocycles. The van der Waals surface area contributed by atoms with Crippen LogP contribution in [0.5, 0.6) is 0 Å². The predicted octanol–water partition coefficient (Wildman–Crippen LogP) is 1.47. The molecule has 0 aliphatic rings. The molecule has 0 fully saturated rings. The molecule has 0 atom stereocenters. The van der Waals surface area contributed by atoms with Gasteiger partial charge in [-0.05, 0) is 39.4 Å². The molecule has 0 aliphatic carbocycles. The topological polar surface area (TPSA) is 63.4 Å². The minimum Gasteiger partial charge on any atom is -0.257 e. The van der Waals surface area contributed by atoms with Gasteiger partial charge in [-0.2, -0.15) is 0 Å². The third-order valence-corrected chi connectivity index (χ3v) is 3.37. The molecule has 16 heavy (non-hydrogen) atoms. The van der Waals surface area contributed by atoms with Crippen molar-refractivity contribution in [1.82, 2.24) is 4.31 Å². The first-order chi connectivity index (χ1) is 7.27. The summed E-state index contributed by atoms with van der Waals surface area (Å²) in [5, 5.41) is 4.88. The van der Waals surface area contributed by atoms with Crippen molar-refractivity contribution >= 4 is 22.0 Å². The zero-order valence-corrected chi connectivity index (χ0v) is 11.6. The Labute approximate surface area is 102 Å². The quantitative estimate of drug-likeness (QED) is 0.820. The van der Waals surface area contributed by atoms with Crippen molar-refractivity contribution in [2.45, 2.75) is 11.8 Å². The fourth-order valence-electron chi connectivity index (χ4n) is 0.728. The Bertz CT molecular complexity index is 399. The molecule has 0 aromatic heterocycles. The van der Waals surface area contributed by atoms with Gasteiger partial charge in [0.15, 0.2) is 0 Å². The molecule has 0 heterocycles. The first-order valence-corrected chi connectivity index (χ1v) is 7.31. The van der Waals surface area contributed by atoms with E-state index in [9.17, 15) is 8.42 Å². The number of hydrogen-bond acceptors (Lipinski definition) is 4. The molecule has 0 bridgehead atoms. The van der Waals surface area contributed by atoms with Crippen molar-refractivity contribution in [3.8, 4) is 0 Å². The Morgan fingerprint density at radius 1 is 1.19 bits per heavy atom. The monoisotopic (exact) mass is 262 g/mol. The maximum atomic E-state index is 10.7. The van der Waals surface area contributed by atoms with E-state index in [-0.39, 0.29) is 4.90 Å². The Morgan fingerprint density at radius 3 is 1.81 bits per heavy atom. The average Bonchev–Trinajstić information content (AvgIpc) is 2.18. The van der Waals surface area contributed by atoms with E-state index in [1.165, 1.54) is 12.1 Å². The first kappa shape index (κ1) is 15.4. The van der Waals surface area contributed by atoms with E-state index in [4.69, 9.17) is 5.14 Å². The third-order valence-electron chi connectivity index (χ3n) is 1.71. The lowest BCUT2D eigenvalue weighted by Crippen LogP contribution is -2.11. The van der Waals surface area contributed by atoms with Gasteiger partial charge in [-0.25, -0.2) is 13.6 Å². The maximum Gasteiger partial charge on any atom is 0.238 e. The molecule has 0 unspecified atom stereocenters. The molecule has 0 spiro atoms. The van der Waals surface area contributed by atoms with Crippen LogP contribution in [0.25, 0.3) is 0 Å². The van der Waals surface area contributed by atoms with Crippen LogP contribution >= 0.6 is 11.9 Å². The second-order valence-corrected chi connectivity index (χ2v) is 6.01. The molecule has 4 nitrogen and oxygen atoms in total. The van der Waals surface area contributed by atoms with Gasteiger partial charge in [0.2, 0.25) is 10.0 Å². The third kappa shape index (κ3) is 6.84. The van der Waals surface area contributed by atoms with Gasteiger partial charge in [0.1, 0.15) is 0 Å². The van der Waals surface area contributed by atoms with E-state index in [1.54, 1.807) is 24.1 Å². The van der Waals surface area contributed by atoms with Crippen LogP contribution in [0.3, 0.4) is 0 Å². The van der Waals surface area contributed by atoms with Gasteiger partial charge in [-0.1, -0.05) is 29.6 Å². The van der Waals surface area contributed by atoms with Crippen LogP contribution in [-0.4, -0.2) is 33.1 Å². The molecule has 0 saturated heterocycles. The molecule has 1 aromatic carbocycles. The highest BCUT2D eigenvalue weighted by Crippen LogP contribution is 2.06. The zero-order chi connectivity index (χ0) is 12.8. The zero-order valence-electron chi connectivity index (χ0n) is 9.97. The number of nitrogens with two attached hydrogens (primary N) is 1. The predicted molar refractivity (Wildman–Crippen MR) is 69.8 cm³/mol. The number of primary sulfonamides is 1. The van der Waals surface area contributed by atoms with E-state index >= 15 is 0 Å². The van der Waals surface area contributed by atoms with E-state index in [2.05, 4.69) is 0 Å². The maximum absolute atomic E-state index is 10.7. The molecule has 2 N–H and O–H groups in total. The highest BCUT2D eigenvalue weighted by molar-refractivity contribution is 7.96. The van der Waals surface area contributed by atoms with Crippen molar-refractivity contribution < 1.29 is 8.42 Å². The highest BCUT2D eigenvalue weighted by Gasteiger charge is 2.04. The van der Waals surface area contributed by atoms with Gasteiger partial charge in [-0.15, -0.1) is 0 Å². The molecular weight excluding hydrogens is 244 g/mol. The van der Waals surface area contributed by atoms with Gasteiger partial charge >= 0.3 is 0 Å². The number of sulfonamides is 1. The number of hydrogen-bond donors (Lipinski definition) is 1. The normalized spacial score (nSPS) is 10.9. The number of aryl methyl sites for hydroxylation is 1. The molecule has 0 amide bonds. The van der Waals surface area contributed by atoms with Crippen LogP contribution in [0.15, 0.2) is 29.2 Å². The molecular formula is C10H18N2O2S2. The van der Waals surface area contributed by atoms with E-state index in [1.807, 2.05) is 31.6 Å². The fraction of sp³-hybridized carbons (Fsp3) is 0.400. The van der Waals surface area contributed by atoms with Crippen molar-refractivity contribution in [2.24, 2.45) is 5.14 Å².